The van der Waals surface area contributed by atoms with E-state index in [1.54, 1.807) is 31.2 Å². The maximum atomic E-state index is 13.3. The van der Waals surface area contributed by atoms with Gasteiger partial charge in [-0.2, -0.15) is 4.31 Å². The zero-order valence-electron chi connectivity index (χ0n) is 16.5. The molecule has 12 heteroatoms. The molecule has 1 fully saturated rings. The van der Waals surface area contributed by atoms with Crippen LogP contribution in [-0.4, -0.2) is 54.5 Å². The number of aromatic nitrogens is 2. The minimum atomic E-state index is -3.90. The lowest BCUT2D eigenvalue weighted by molar-refractivity contribution is -0.116. The number of nitrogens with zero attached hydrogens (tertiary/aromatic N) is 3. The van der Waals surface area contributed by atoms with Gasteiger partial charge >= 0.3 is 0 Å². The summed E-state index contributed by atoms with van der Waals surface area (Å²) in [5.74, 6) is -0.463. The number of thiophene rings is 1. The monoisotopic (exact) mass is 482 g/mol. The molecule has 1 aromatic carbocycles. The fraction of sp³-hybridized carbons (Fsp3) is 0.316. The molecule has 0 spiro atoms. The molecule has 1 N–H and O–H groups in total. The Balaban J connectivity index is 1.69. The lowest BCUT2D eigenvalue weighted by Gasteiger charge is -2.26. The quantitative estimate of drug-likeness (QED) is 0.596. The van der Waals surface area contributed by atoms with Crippen molar-refractivity contribution in [3.63, 3.8) is 0 Å². The molecular formula is C19H19ClN4O5S2. The SMILES string of the molecule is Cc1sc2ncn(CC(=O)Nc3cccc(Cl)c3)c(=O)c2c1S(=O)(=O)N1CCOCC1. The van der Waals surface area contributed by atoms with E-state index in [9.17, 15) is 18.0 Å². The average molecular weight is 483 g/mol. The summed E-state index contributed by atoms with van der Waals surface area (Å²) in [5.41, 5.74) is -0.0935. The second-order valence-corrected chi connectivity index (χ2v) is 10.4. The first-order valence-electron chi connectivity index (χ1n) is 9.39. The van der Waals surface area contributed by atoms with Crippen LogP contribution < -0.4 is 10.9 Å². The van der Waals surface area contributed by atoms with Gasteiger partial charge in [0.05, 0.1) is 24.9 Å². The van der Waals surface area contributed by atoms with Crippen LogP contribution in [0.25, 0.3) is 10.2 Å². The highest BCUT2D eigenvalue weighted by molar-refractivity contribution is 7.89. The molecule has 1 aliphatic heterocycles. The Morgan fingerprint density at radius 1 is 1.32 bits per heavy atom. The number of aryl methyl sites for hydroxylation is 1. The molecule has 164 valence electrons. The molecule has 4 rings (SSSR count). The normalized spacial score (nSPS) is 15.3. The number of rotatable bonds is 5. The molecule has 1 aliphatic rings. The number of ether oxygens (including phenoxy) is 1. The van der Waals surface area contributed by atoms with Gasteiger partial charge in [-0.05, 0) is 25.1 Å². The molecule has 3 heterocycles. The second-order valence-electron chi connectivity index (χ2n) is 6.92. The average Bonchev–Trinajstić information content (AvgIpc) is 3.08. The molecule has 0 saturated carbocycles. The predicted octanol–water partition coefficient (Wildman–Crippen LogP) is 2.08. The van der Waals surface area contributed by atoms with Crippen molar-refractivity contribution >= 4 is 54.8 Å². The van der Waals surface area contributed by atoms with E-state index in [4.69, 9.17) is 16.3 Å². The summed E-state index contributed by atoms with van der Waals surface area (Å²) in [6.07, 6.45) is 1.25. The van der Waals surface area contributed by atoms with E-state index in [1.165, 1.54) is 10.6 Å². The number of carbonyl (C=O) groups is 1. The topological polar surface area (TPSA) is 111 Å². The van der Waals surface area contributed by atoms with Crippen molar-refractivity contribution in [3.8, 4) is 0 Å². The van der Waals surface area contributed by atoms with Gasteiger partial charge < -0.3 is 10.1 Å². The molecule has 0 radical (unpaired) electrons. The van der Waals surface area contributed by atoms with E-state index >= 15 is 0 Å². The number of hydrogen-bond donors (Lipinski definition) is 1. The highest BCUT2D eigenvalue weighted by Crippen LogP contribution is 2.33. The summed E-state index contributed by atoms with van der Waals surface area (Å²) < 4.78 is 34.2. The number of nitrogens with one attached hydrogen (secondary N) is 1. The highest BCUT2D eigenvalue weighted by atomic mass is 35.5. The molecule has 0 bridgehead atoms. The van der Waals surface area contributed by atoms with Gasteiger partial charge in [0, 0.05) is 28.7 Å². The van der Waals surface area contributed by atoms with Crippen LogP contribution in [0.2, 0.25) is 5.02 Å². The Kier molecular flexibility index (Phi) is 6.13. The fourth-order valence-electron chi connectivity index (χ4n) is 3.37. The molecule has 0 unspecified atom stereocenters. The maximum Gasteiger partial charge on any atom is 0.263 e. The molecule has 0 aliphatic carbocycles. The van der Waals surface area contributed by atoms with Crippen LogP contribution in [0.5, 0.6) is 0 Å². The van der Waals surface area contributed by atoms with Gasteiger partial charge in [-0.25, -0.2) is 13.4 Å². The van der Waals surface area contributed by atoms with Crippen molar-refractivity contribution < 1.29 is 17.9 Å². The first-order chi connectivity index (χ1) is 14.8. The number of benzene rings is 1. The zero-order valence-corrected chi connectivity index (χ0v) is 18.9. The van der Waals surface area contributed by atoms with Crippen molar-refractivity contribution in [2.75, 3.05) is 31.6 Å². The summed E-state index contributed by atoms with van der Waals surface area (Å²) in [6, 6.07) is 6.62. The number of hydrogen-bond acceptors (Lipinski definition) is 7. The number of anilines is 1. The third-order valence-electron chi connectivity index (χ3n) is 4.79. The van der Waals surface area contributed by atoms with Crippen LogP contribution in [0.15, 0.2) is 40.3 Å². The largest absolute Gasteiger partial charge is 0.379 e. The summed E-state index contributed by atoms with van der Waals surface area (Å²) in [6.45, 7) is 2.36. The zero-order chi connectivity index (χ0) is 22.2. The number of carbonyl (C=O) groups excluding carboxylic acids is 1. The smallest absolute Gasteiger partial charge is 0.263 e. The Morgan fingerprint density at radius 3 is 2.77 bits per heavy atom. The lowest BCUT2D eigenvalue weighted by atomic mass is 10.3. The number of halogens is 1. The first-order valence-corrected chi connectivity index (χ1v) is 12.0. The van der Waals surface area contributed by atoms with E-state index in [0.29, 0.717) is 33.6 Å². The maximum absolute atomic E-state index is 13.3. The first kappa shape index (κ1) is 21.9. The standard InChI is InChI=1S/C19H19ClN4O5S2/c1-12-17(31(27,28)24-5-7-29-8-6-24)16-18(30-12)21-11-23(19(16)26)10-15(25)22-14-4-2-3-13(20)9-14/h2-4,9,11H,5-8,10H2,1H3,(H,22,25). The van der Waals surface area contributed by atoms with Crippen LogP contribution >= 0.6 is 22.9 Å². The van der Waals surface area contributed by atoms with Crippen molar-refractivity contribution in [2.24, 2.45) is 0 Å². The van der Waals surface area contributed by atoms with Gasteiger partial charge in [-0.3, -0.25) is 14.2 Å². The van der Waals surface area contributed by atoms with Gasteiger partial charge in [0.15, 0.2) is 0 Å². The van der Waals surface area contributed by atoms with Gasteiger partial charge in [0.25, 0.3) is 5.56 Å². The third kappa shape index (κ3) is 4.37. The lowest BCUT2D eigenvalue weighted by Crippen LogP contribution is -2.41. The minimum absolute atomic E-state index is 0.00653. The molecule has 1 amide bonds. The van der Waals surface area contributed by atoms with Gasteiger partial charge in [0.1, 0.15) is 16.3 Å². The van der Waals surface area contributed by atoms with E-state index < -0.39 is 21.5 Å². The third-order valence-corrected chi connectivity index (χ3v) is 8.24. The predicted molar refractivity (Wildman–Crippen MR) is 118 cm³/mol. The van der Waals surface area contributed by atoms with Crippen molar-refractivity contribution in [1.29, 1.82) is 0 Å². The van der Waals surface area contributed by atoms with Gasteiger partial charge in [-0.15, -0.1) is 11.3 Å². The van der Waals surface area contributed by atoms with Crippen LogP contribution in [-0.2, 0) is 26.1 Å². The molecular weight excluding hydrogens is 464 g/mol. The molecule has 31 heavy (non-hydrogen) atoms. The molecule has 9 nitrogen and oxygen atoms in total. The van der Waals surface area contributed by atoms with Crippen LogP contribution in [0.1, 0.15) is 4.88 Å². The summed E-state index contributed by atoms with van der Waals surface area (Å²) >= 11 is 7.06. The van der Waals surface area contributed by atoms with Crippen LogP contribution in [0.4, 0.5) is 5.69 Å². The van der Waals surface area contributed by atoms with Crippen LogP contribution in [0.3, 0.4) is 0 Å². The van der Waals surface area contributed by atoms with Crippen LogP contribution in [0, 0.1) is 6.92 Å². The number of amides is 1. The Morgan fingerprint density at radius 2 is 2.06 bits per heavy atom. The minimum Gasteiger partial charge on any atom is -0.379 e. The molecule has 1 saturated heterocycles. The van der Waals surface area contributed by atoms with Crippen molar-refractivity contribution in [2.45, 2.75) is 18.4 Å². The highest BCUT2D eigenvalue weighted by Gasteiger charge is 2.32. The van der Waals surface area contributed by atoms with Gasteiger partial charge in [-0.1, -0.05) is 17.7 Å². The fourth-order valence-corrected chi connectivity index (χ4v) is 6.64. The summed E-state index contributed by atoms with van der Waals surface area (Å²) in [4.78, 5) is 30.6. The van der Waals surface area contributed by atoms with E-state index in [2.05, 4.69) is 10.3 Å². The molecule has 0 atom stereocenters. The Bertz CT molecular complexity index is 1310. The van der Waals surface area contributed by atoms with Crippen molar-refractivity contribution in [3.05, 3.63) is 50.8 Å². The van der Waals surface area contributed by atoms with Crippen molar-refractivity contribution in [1.82, 2.24) is 13.9 Å². The second kappa shape index (κ2) is 8.67. The van der Waals surface area contributed by atoms with E-state index in [0.717, 1.165) is 15.9 Å². The summed E-state index contributed by atoms with van der Waals surface area (Å²) in [5, 5.41) is 3.13. The Labute approximate surface area is 187 Å². The van der Waals surface area contributed by atoms with E-state index in [1.807, 2.05) is 0 Å². The van der Waals surface area contributed by atoms with Gasteiger partial charge in [0.2, 0.25) is 15.9 Å². The Hall–Kier alpha value is -2.31. The van der Waals surface area contributed by atoms with E-state index in [-0.39, 0.29) is 29.9 Å². The molecule has 2 aromatic heterocycles. The summed E-state index contributed by atoms with van der Waals surface area (Å²) in [7, 11) is -3.90. The number of morpholine rings is 1. The number of sulfonamides is 1. The number of fused-ring (bicyclic) bond motifs is 1. The molecule has 3 aromatic rings.